The van der Waals surface area contributed by atoms with Gasteiger partial charge in [0.25, 0.3) is 5.91 Å². The van der Waals surface area contributed by atoms with Crippen LogP contribution in [0.5, 0.6) is 5.88 Å². The van der Waals surface area contributed by atoms with Gasteiger partial charge in [0.05, 0.1) is 17.7 Å². The molecule has 3 aromatic rings. The number of oxazole rings is 1. The Morgan fingerprint density at radius 2 is 2.10 bits per heavy atom. The Balaban J connectivity index is 1.65. The molecule has 0 radical (unpaired) electrons. The van der Waals surface area contributed by atoms with Crippen molar-refractivity contribution in [2.45, 2.75) is 24.7 Å². The van der Waals surface area contributed by atoms with Gasteiger partial charge in [0.1, 0.15) is 5.15 Å². The Kier molecular flexibility index (Phi) is 5.30. The van der Waals surface area contributed by atoms with Crippen LogP contribution in [0.2, 0.25) is 5.15 Å². The van der Waals surface area contributed by atoms with E-state index in [2.05, 4.69) is 25.3 Å². The molecule has 166 valence electrons. The predicted octanol–water partition coefficient (Wildman–Crippen LogP) is 2.68. The Morgan fingerprint density at radius 1 is 1.39 bits per heavy atom. The van der Waals surface area contributed by atoms with Gasteiger partial charge in [0.15, 0.2) is 17.6 Å². The van der Waals surface area contributed by atoms with Crippen molar-refractivity contribution in [3.63, 3.8) is 0 Å². The molecule has 9 nitrogen and oxygen atoms in total. The molecule has 31 heavy (non-hydrogen) atoms. The molecule has 0 bridgehead atoms. The lowest BCUT2D eigenvalue weighted by molar-refractivity contribution is -0.136. The van der Waals surface area contributed by atoms with Crippen molar-refractivity contribution >= 4 is 39.1 Å². The number of halogens is 5. The highest BCUT2D eigenvalue weighted by Crippen LogP contribution is 2.36. The fourth-order valence-electron chi connectivity index (χ4n) is 3.60. The van der Waals surface area contributed by atoms with Crippen molar-refractivity contribution in [1.82, 2.24) is 18.9 Å². The van der Waals surface area contributed by atoms with Gasteiger partial charge in [-0.15, -0.1) is 0 Å². The number of aliphatic hydroxyl groups excluding tert-OH is 1. The zero-order valence-corrected chi connectivity index (χ0v) is 17.6. The predicted molar refractivity (Wildman–Crippen MR) is 103 cm³/mol. The summed E-state index contributed by atoms with van der Waals surface area (Å²) in [7, 11) is 0. The van der Waals surface area contributed by atoms with E-state index in [9.17, 15) is 33.0 Å². The van der Waals surface area contributed by atoms with Crippen LogP contribution in [-0.4, -0.2) is 54.2 Å². The van der Waals surface area contributed by atoms with Crippen LogP contribution in [0.15, 0.2) is 32.2 Å². The maximum absolute atomic E-state index is 13.4. The molecule has 1 amide bonds. The van der Waals surface area contributed by atoms with Crippen LogP contribution in [0.3, 0.4) is 0 Å². The zero-order chi connectivity index (χ0) is 22.7. The molecule has 1 aliphatic heterocycles. The summed E-state index contributed by atoms with van der Waals surface area (Å²) in [5.74, 6) is -2.11. The topological polar surface area (TPSA) is 113 Å². The standard InChI is InChI=1S/C17H13BrClF3N4O5/c18-7-3-8(17(20,21)22)14-23-12(13(19)25(14)4-7)15(29)24-2-1-9(10(27)5-24)26-11(28)6-31-16(26)30/h3-4,6,9-10,27-28H,1-2,5H2. The molecule has 2 N–H and O–H groups in total. The minimum absolute atomic E-state index is 0.0254. The molecule has 14 heteroatoms. The summed E-state index contributed by atoms with van der Waals surface area (Å²) in [5.41, 5.74) is -2.01. The number of amides is 1. The van der Waals surface area contributed by atoms with E-state index in [4.69, 9.17) is 11.6 Å². The van der Waals surface area contributed by atoms with E-state index in [0.29, 0.717) is 0 Å². The number of alkyl halides is 3. The number of piperidine rings is 1. The Morgan fingerprint density at radius 3 is 2.68 bits per heavy atom. The first kappa shape index (κ1) is 21.7. The molecular formula is C17H13BrClF3N4O5. The number of likely N-dealkylation sites (tertiary alicyclic amines) is 1. The van der Waals surface area contributed by atoms with Crippen LogP contribution in [0.4, 0.5) is 13.2 Å². The average molecular weight is 526 g/mol. The molecule has 0 aliphatic carbocycles. The maximum Gasteiger partial charge on any atom is 0.422 e. The minimum Gasteiger partial charge on any atom is -0.492 e. The van der Waals surface area contributed by atoms with Crippen molar-refractivity contribution in [2.75, 3.05) is 13.1 Å². The van der Waals surface area contributed by atoms with Gasteiger partial charge < -0.3 is 19.5 Å². The molecule has 0 aromatic carbocycles. The molecule has 4 rings (SSSR count). The van der Waals surface area contributed by atoms with Gasteiger partial charge in [-0.05, 0) is 28.4 Å². The number of carbonyl (C=O) groups is 1. The highest BCUT2D eigenvalue weighted by Gasteiger charge is 2.38. The number of carbonyl (C=O) groups excluding carboxylic acids is 1. The Hall–Kier alpha value is -2.51. The van der Waals surface area contributed by atoms with E-state index < -0.39 is 52.8 Å². The second kappa shape index (κ2) is 7.57. The van der Waals surface area contributed by atoms with Crippen LogP contribution in [0.25, 0.3) is 5.65 Å². The van der Waals surface area contributed by atoms with Crippen molar-refractivity contribution in [3.05, 3.63) is 50.0 Å². The number of aliphatic hydroxyl groups is 1. The molecule has 1 saturated heterocycles. The van der Waals surface area contributed by atoms with Gasteiger partial charge in [-0.3, -0.25) is 9.20 Å². The first-order chi connectivity index (χ1) is 14.5. The van der Waals surface area contributed by atoms with Crippen LogP contribution in [0.1, 0.15) is 28.5 Å². The van der Waals surface area contributed by atoms with E-state index in [1.165, 1.54) is 11.1 Å². The molecule has 2 unspecified atom stereocenters. The second-order valence-corrected chi connectivity index (χ2v) is 8.19. The number of aromatic hydroxyl groups is 1. The Labute approximate surface area is 184 Å². The van der Waals surface area contributed by atoms with Crippen LogP contribution >= 0.6 is 27.5 Å². The van der Waals surface area contributed by atoms with Gasteiger partial charge in [0, 0.05) is 23.8 Å². The number of fused-ring (bicyclic) bond motifs is 1. The molecule has 1 fully saturated rings. The number of pyridine rings is 1. The third-order valence-electron chi connectivity index (χ3n) is 5.01. The smallest absolute Gasteiger partial charge is 0.422 e. The quantitative estimate of drug-likeness (QED) is 0.532. The monoisotopic (exact) mass is 524 g/mol. The first-order valence-electron chi connectivity index (χ1n) is 8.79. The molecule has 2 atom stereocenters. The van der Waals surface area contributed by atoms with Gasteiger partial charge in [0.2, 0.25) is 5.88 Å². The number of β-amino-alcohol motifs (C(OH)–C–C–N with tert-alkyl or cyclic N) is 1. The number of imidazole rings is 1. The third-order valence-corrected chi connectivity index (χ3v) is 5.81. The maximum atomic E-state index is 13.4. The zero-order valence-electron chi connectivity index (χ0n) is 15.3. The highest BCUT2D eigenvalue weighted by atomic mass is 79.9. The van der Waals surface area contributed by atoms with Gasteiger partial charge in [-0.25, -0.2) is 14.3 Å². The number of aromatic nitrogens is 3. The normalized spacial score (nSPS) is 19.9. The first-order valence-corrected chi connectivity index (χ1v) is 9.96. The summed E-state index contributed by atoms with van der Waals surface area (Å²) in [6.07, 6.45) is -3.82. The van der Waals surface area contributed by atoms with Gasteiger partial charge >= 0.3 is 11.9 Å². The number of hydrogen-bond donors (Lipinski definition) is 2. The van der Waals surface area contributed by atoms with Crippen LogP contribution in [0, 0.1) is 0 Å². The minimum atomic E-state index is -4.73. The molecule has 0 saturated carbocycles. The van der Waals surface area contributed by atoms with E-state index in [1.807, 2.05) is 0 Å². The van der Waals surface area contributed by atoms with Crippen molar-refractivity contribution < 1.29 is 32.6 Å². The molecule has 1 aliphatic rings. The van der Waals surface area contributed by atoms with Crippen molar-refractivity contribution in [2.24, 2.45) is 0 Å². The van der Waals surface area contributed by atoms with Crippen LogP contribution < -0.4 is 5.76 Å². The van der Waals surface area contributed by atoms with E-state index in [0.717, 1.165) is 21.3 Å². The van der Waals surface area contributed by atoms with Crippen molar-refractivity contribution in [1.29, 1.82) is 0 Å². The summed E-state index contributed by atoms with van der Waals surface area (Å²) >= 11 is 9.15. The Bertz CT molecular complexity index is 1240. The summed E-state index contributed by atoms with van der Waals surface area (Å²) in [4.78, 5) is 29.6. The number of hydrogen-bond acceptors (Lipinski definition) is 6. The summed E-state index contributed by atoms with van der Waals surface area (Å²) in [6, 6.07) is -0.0169. The highest BCUT2D eigenvalue weighted by molar-refractivity contribution is 9.10. The lowest BCUT2D eigenvalue weighted by Gasteiger charge is -2.35. The molecule has 3 aromatic heterocycles. The molecule has 4 heterocycles. The second-order valence-electron chi connectivity index (χ2n) is 6.92. The summed E-state index contributed by atoms with van der Waals surface area (Å²) < 4.78 is 46.7. The third kappa shape index (κ3) is 3.70. The van der Waals surface area contributed by atoms with E-state index >= 15 is 0 Å². The lowest BCUT2D eigenvalue weighted by Crippen LogP contribution is -2.48. The SMILES string of the molecule is O=C(c1nc2c(C(F)(F)F)cc(Br)cn2c1Cl)N1CCC(n2c(O)coc2=O)C(O)C1. The van der Waals surface area contributed by atoms with Crippen LogP contribution in [-0.2, 0) is 6.18 Å². The largest absolute Gasteiger partial charge is 0.492 e. The van der Waals surface area contributed by atoms with Crippen molar-refractivity contribution in [3.8, 4) is 5.88 Å². The summed E-state index contributed by atoms with van der Waals surface area (Å²) in [6.45, 7) is -0.238. The molecular weight excluding hydrogens is 513 g/mol. The average Bonchev–Trinajstić information content (AvgIpc) is 3.19. The van der Waals surface area contributed by atoms with E-state index in [1.54, 1.807) is 0 Å². The fourth-order valence-corrected chi connectivity index (χ4v) is 4.28. The van der Waals surface area contributed by atoms with Gasteiger partial charge in [-0.1, -0.05) is 11.6 Å². The molecule has 0 spiro atoms. The summed E-state index contributed by atoms with van der Waals surface area (Å²) in [5, 5.41) is 19.9. The van der Waals surface area contributed by atoms with E-state index in [-0.39, 0.29) is 29.1 Å². The van der Waals surface area contributed by atoms with Gasteiger partial charge in [-0.2, -0.15) is 13.2 Å². The number of nitrogens with zero attached hydrogens (tertiary/aromatic N) is 4. The lowest BCUT2D eigenvalue weighted by atomic mass is 10.0. The fraction of sp³-hybridized carbons (Fsp3) is 0.353. The number of rotatable bonds is 2.